The summed E-state index contributed by atoms with van der Waals surface area (Å²) in [7, 11) is 1.66. The Morgan fingerprint density at radius 2 is 2.13 bits per heavy atom. The summed E-state index contributed by atoms with van der Waals surface area (Å²) >= 11 is 0. The normalized spacial score (nSPS) is 17.6. The molecule has 2 amide bonds. The van der Waals surface area contributed by atoms with E-state index in [9.17, 15) is 9.59 Å². The molecule has 0 aliphatic carbocycles. The van der Waals surface area contributed by atoms with Crippen molar-refractivity contribution in [2.75, 3.05) is 13.6 Å². The number of hydrogen-bond acceptors (Lipinski definition) is 6. The number of likely N-dealkylation sites (tertiary alicyclic amines) is 1. The average molecular weight is 324 g/mol. The first-order chi connectivity index (χ1) is 10.7. The highest BCUT2D eigenvalue weighted by atomic mass is 16.6. The number of ether oxygens (including phenoxy) is 1. The molecule has 1 unspecified atom stereocenters. The summed E-state index contributed by atoms with van der Waals surface area (Å²) in [5.41, 5.74) is -0.577. The second-order valence-electron chi connectivity index (χ2n) is 6.63. The SMILES string of the molecule is CCc1noc(CN(C)C(=O)C2CCN2C(=O)OC(C)(C)C)n1. The monoisotopic (exact) mass is 324 g/mol. The Hall–Kier alpha value is -2.12. The van der Waals surface area contributed by atoms with Crippen LogP contribution in [0, 0.1) is 0 Å². The molecule has 23 heavy (non-hydrogen) atoms. The summed E-state index contributed by atoms with van der Waals surface area (Å²) in [5.74, 6) is 0.846. The molecule has 128 valence electrons. The van der Waals surface area contributed by atoms with Crippen molar-refractivity contribution in [3.05, 3.63) is 11.7 Å². The van der Waals surface area contributed by atoms with E-state index in [1.54, 1.807) is 27.8 Å². The van der Waals surface area contributed by atoms with Crippen LogP contribution in [-0.2, 0) is 22.5 Å². The van der Waals surface area contributed by atoms with Crippen LogP contribution in [-0.4, -0.2) is 57.2 Å². The number of rotatable bonds is 4. The molecule has 2 heterocycles. The number of aromatic nitrogens is 2. The molecule has 0 aromatic carbocycles. The quantitative estimate of drug-likeness (QED) is 0.836. The highest BCUT2D eigenvalue weighted by molar-refractivity contribution is 5.87. The van der Waals surface area contributed by atoms with E-state index < -0.39 is 17.7 Å². The minimum atomic E-state index is -0.577. The number of aryl methyl sites for hydroxylation is 1. The maximum Gasteiger partial charge on any atom is 0.410 e. The standard InChI is InChI=1S/C15H24N4O4/c1-6-11-16-12(23-17-11)9-18(5)13(20)10-7-8-19(10)14(21)22-15(2,3)4/h10H,6-9H2,1-5H3. The topological polar surface area (TPSA) is 88.8 Å². The van der Waals surface area contributed by atoms with Crippen LogP contribution in [0.5, 0.6) is 0 Å². The van der Waals surface area contributed by atoms with Crippen LogP contribution in [0.2, 0.25) is 0 Å². The fourth-order valence-electron chi connectivity index (χ4n) is 2.22. The Morgan fingerprint density at radius 3 is 2.61 bits per heavy atom. The van der Waals surface area contributed by atoms with Gasteiger partial charge >= 0.3 is 6.09 Å². The molecule has 1 aliphatic rings. The van der Waals surface area contributed by atoms with E-state index in [4.69, 9.17) is 9.26 Å². The van der Waals surface area contributed by atoms with Gasteiger partial charge in [0, 0.05) is 20.0 Å². The van der Waals surface area contributed by atoms with Gasteiger partial charge in [-0.05, 0) is 27.2 Å². The third-order valence-corrected chi connectivity index (χ3v) is 3.51. The second-order valence-corrected chi connectivity index (χ2v) is 6.63. The van der Waals surface area contributed by atoms with Gasteiger partial charge in [0.2, 0.25) is 11.8 Å². The number of amides is 2. The lowest BCUT2D eigenvalue weighted by Gasteiger charge is -2.41. The Balaban J connectivity index is 1.92. The molecule has 1 aliphatic heterocycles. The van der Waals surface area contributed by atoms with Crippen molar-refractivity contribution in [2.45, 2.75) is 58.7 Å². The van der Waals surface area contributed by atoms with Gasteiger partial charge in [0.25, 0.3) is 0 Å². The Morgan fingerprint density at radius 1 is 1.43 bits per heavy atom. The minimum absolute atomic E-state index is 0.154. The van der Waals surface area contributed by atoms with Crippen molar-refractivity contribution in [1.29, 1.82) is 0 Å². The van der Waals surface area contributed by atoms with Crippen LogP contribution < -0.4 is 0 Å². The van der Waals surface area contributed by atoms with E-state index in [0.29, 0.717) is 31.1 Å². The largest absolute Gasteiger partial charge is 0.444 e. The maximum atomic E-state index is 12.5. The van der Waals surface area contributed by atoms with E-state index in [-0.39, 0.29) is 12.5 Å². The van der Waals surface area contributed by atoms with Crippen LogP contribution in [0.1, 0.15) is 45.8 Å². The third kappa shape index (κ3) is 4.20. The van der Waals surface area contributed by atoms with Gasteiger partial charge in [0.1, 0.15) is 11.6 Å². The molecule has 1 aromatic heterocycles. The van der Waals surface area contributed by atoms with Crippen molar-refractivity contribution in [3.8, 4) is 0 Å². The summed E-state index contributed by atoms with van der Waals surface area (Å²) in [5, 5.41) is 3.80. The van der Waals surface area contributed by atoms with Crippen LogP contribution in [0.4, 0.5) is 4.79 Å². The van der Waals surface area contributed by atoms with Gasteiger partial charge in [-0.3, -0.25) is 9.69 Å². The zero-order valence-corrected chi connectivity index (χ0v) is 14.3. The summed E-state index contributed by atoms with van der Waals surface area (Å²) in [6.45, 7) is 8.08. The zero-order valence-electron chi connectivity index (χ0n) is 14.3. The van der Waals surface area contributed by atoms with Crippen LogP contribution in [0.15, 0.2) is 4.52 Å². The first kappa shape index (κ1) is 17.2. The summed E-state index contributed by atoms with van der Waals surface area (Å²) in [6, 6.07) is -0.483. The van der Waals surface area contributed by atoms with Crippen LogP contribution in [0.3, 0.4) is 0 Å². The van der Waals surface area contributed by atoms with E-state index >= 15 is 0 Å². The molecule has 0 bridgehead atoms. The molecule has 0 spiro atoms. The smallest absolute Gasteiger partial charge is 0.410 e. The highest BCUT2D eigenvalue weighted by Gasteiger charge is 2.41. The third-order valence-electron chi connectivity index (χ3n) is 3.51. The van der Waals surface area contributed by atoms with Crippen LogP contribution >= 0.6 is 0 Å². The fraction of sp³-hybridized carbons (Fsp3) is 0.733. The fourth-order valence-corrected chi connectivity index (χ4v) is 2.22. The van der Waals surface area contributed by atoms with Gasteiger partial charge in [-0.2, -0.15) is 4.98 Å². The van der Waals surface area contributed by atoms with Crippen molar-refractivity contribution in [1.82, 2.24) is 19.9 Å². The van der Waals surface area contributed by atoms with Gasteiger partial charge < -0.3 is 14.2 Å². The number of nitrogens with zero attached hydrogens (tertiary/aromatic N) is 4. The molecule has 0 radical (unpaired) electrons. The van der Waals surface area contributed by atoms with E-state index in [1.807, 2.05) is 6.92 Å². The van der Waals surface area contributed by atoms with E-state index in [1.165, 1.54) is 9.80 Å². The van der Waals surface area contributed by atoms with Gasteiger partial charge in [-0.15, -0.1) is 0 Å². The van der Waals surface area contributed by atoms with Crippen molar-refractivity contribution in [3.63, 3.8) is 0 Å². The summed E-state index contributed by atoms with van der Waals surface area (Å²) in [4.78, 5) is 31.7. The lowest BCUT2D eigenvalue weighted by Crippen LogP contribution is -2.59. The lowest BCUT2D eigenvalue weighted by atomic mass is 10.0. The highest BCUT2D eigenvalue weighted by Crippen LogP contribution is 2.23. The minimum Gasteiger partial charge on any atom is -0.444 e. The first-order valence-electron chi connectivity index (χ1n) is 7.77. The average Bonchev–Trinajstić information content (AvgIpc) is 2.82. The van der Waals surface area contributed by atoms with Gasteiger partial charge in [0.15, 0.2) is 5.82 Å². The second kappa shape index (κ2) is 6.55. The molecule has 1 aromatic rings. The predicted molar refractivity (Wildman–Crippen MR) is 81.5 cm³/mol. The number of carbonyl (C=O) groups excluding carboxylic acids is 2. The van der Waals surface area contributed by atoms with E-state index in [0.717, 1.165) is 0 Å². The first-order valence-corrected chi connectivity index (χ1v) is 7.77. The van der Waals surface area contributed by atoms with Gasteiger partial charge in [-0.25, -0.2) is 4.79 Å². The molecular formula is C15H24N4O4. The van der Waals surface area contributed by atoms with Crippen molar-refractivity contribution >= 4 is 12.0 Å². The number of carbonyl (C=O) groups is 2. The van der Waals surface area contributed by atoms with Crippen molar-refractivity contribution < 1.29 is 18.8 Å². The molecular weight excluding hydrogens is 300 g/mol. The summed E-state index contributed by atoms with van der Waals surface area (Å²) < 4.78 is 10.4. The lowest BCUT2D eigenvalue weighted by molar-refractivity contribution is -0.140. The Labute approximate surface area is 135 Å². The van der Waals surface area contributed by atoms with Crippen molar-refractivity contribution in [2.24, 2.45) is 0 Å². The molecule has 1 fully saturated rings. The molecule has 8 nitrogen and oxygen atoms in total. The molecule has 1 atom stereocenters. The maximum absolute atomic E-state index is 12.5. The molecule has 0 N–H and O–H groups in total. The molecule has 8 heteroatoms. The summed E-state index contributed by atoms with van der Waals surface area (Å²) in [6.07, 6.45) is 0.851. The van der Waals surface area contributed by atoms with Gasteiger partial charge in [-0.1, -0.05) is 12.1 Å². The van der Waals surface area contributed by atoms with Crippen LogP contribution in [0.25, 0.3) is 0 Å². The molecule has 2 rings (SSSR count). The van der Waals surface area contributed by atoms with E-state index in [2.05, 4.69) is 10.1 Å². The molecule has 0 saturated carbocycles. The number of hydrogen-bond donors (Lipinski definition) is 0. The number of likely N-dealkylation sites (N-methyl/N-ethyl adjacent to an activating group) is 1. The zero-order chi connectivity index (χ0) is 17.2. The predicted octanol–water partition coefficient (Wildman–Crippen LogP) is 1.60. The van der Waals surface area contributed by atoms with Gasteiger partial charge in [0.05, 0.1) is 6.54 Å². The molecule has 1 saturated heterocycles. The Kier molecular flexibility index (Phi) is 4.91. The Bertz CT molecular complexity index is 578.